The summed E-state index contributed by atoms with van der Waals surface area (Å²) in [5.41, 5.74) is 6.94. The molecule has 4 rings (SSSR count). The van der Waals surface area contributed by atoms with E-state index in [1.807, 2.05) is 24.4 Å². The second kappa shape index (κ2) is 9.34. The minimum absolute atomic E-state index is 0.686. The molecule has 0 radical (unpaired) electrons. The third kappa shape index (κ3) is 4.58. The first-order valence-electron chi connectivity index (χ1n) is 11.2. The third-order valence-electron chi connectivity index (χ3n) is 6.18. The number of aryl methyl sites for hydroxylation is 1. The first kappa shape index (κ1) is 19.8. The smallest absolute Gasteiger partial charge is 0.146 e. The van der Waals surface area contributed by atoms with Crippen molar-refractivity contribution in [1.29, 1.82) is 0 Å². The molecule has 1 aliphatic carbocycles. The maximum absolute atomic E-state index is 5.61. The number of allylic oxidation sites excluding steroid dienone is 1. The number of nitrogens with one attached hydrogen (secondary N) is 2. The van der Waals surface area contributed by atoms with Crippen molar-refractivity contribution >= 4 is 11.8 Å². The molecule has 0 saturated heterocycles. The van der Waals surface area contributed by atoms with E-state index in [1.54, 1.807) is 12.7 Å². The van der Waals surface area contributed by atoms with Crippen LogP contribution in [-0.4, -0.2) is 22.8 Å². The fourth-order valence-corrected chi connectivity index (χ4v) is 4.59. The quantitative estimate of drug-likeness (QED) is 0.580. The zero-order valence-electron chi connectivity index (χ0n) is 17.8. The van der Waals surface area contributed by atoms with Gasteiger partial charge in [0.25, 0.3) is 0 Å². The molecule has 3 heterocycles. The van der Waals surface area contributed by atoms with Gasteiger partial charge in [0.2, 0.25) is 0 Å². The highest BCUT2D eigenvalue weighted by Gasteiger charge is 2.21. The lowest BCUT2D eigenvalue weighted by Gasteiger charge is -2.16. The predicted molar refractivity (Wildman–Crippen MR) is 120 cm³/mol. The Kier molecular flexibility index (Phi) is 6.38. The first-order valence-corrected chi connectivity index (χ1v) is 11.2. The Morgan fingerprint density at radius 1 is 1.24 bits per heavy atom. The van der Waals surface area contributed by atoms with E-state index in [-0.39, 0.29) is 0 Å². The molecule has 2 aromatic rings. The molecular formula is C25H33N3O. The summed E-state index contributed by atoms with van der Waals surface area (Å²) in [5, 5.41) is 0. The van der Waals surface area contributed by atoms with Gasteiger partial charge in [0, 0.05) is 23.7 Å². The molecule has 2 aromatic heterocycles. The molecule has 0 fully saturated rings. The van der Waals surface area contributed by atoms with Crippen LogP contribution < -0.4 is 0 Å². The van der Waals surface area contributed by atoms with Crippen molar-refractivity contribution in [2.75, 3.05) is 7.11 Å². The molecule has 1 aliphatic heterocycles. The summed E-state index contributed by atoms with van der Waals surface area (Å²) >= 11 is 0. The first-order chi connectivity index (χ1) is 14.3. The SMILES string of the molecule is CCCC[C@@H]1CCCCCCc2[nH]c(/C=C3/N=C(c4ccc[nH]4)C=C3OC)cc21. The zero-order chi connectivity index (χ0) is 20.1. The van der Waals surface area contributed by atoms with Crippen molar-refractivity contribution in [3.8, 4) is 0 Å². The Morgan fingerprint density at radius 3 is 2.93 bits per heavy atom. The number of hydrogen-bond acceptors (Lipinski definition) is 2. The Bertz CT molecular complexity index is 899. The number of fused-ring (bicyclic) bond motifs is 1. The van der Waals surface area contributed by atoms with Crippen molar-refractivity contribution in [3.63, 3.8) is 0 Å². The van der Waals surface area contributed by atoms with Crippen LogP contribution in [0.25, 0.3) is 6.08 Å². The van der Waals surface area contributed by atoms with Crippen molar-refractivity contribution in [1.82, 2.24) is 9.97 Å². The maximum Gasteiger partial charge on any atom is 0.146 e. The van der Waals surface area contributed by atoms with E-state index in [2.05, 4.69) is 29.0 Å². The Morgan fingerprint density at radius 2 is 2.14 bits per heavy atom. The standard InChI is InChI=1S/C25H33N3O/c1-3-4-10-18-11-7-5-6-8-12-21-20(18)15-19(27-21)16-24-25(29-2)17-23(28-24)22-13-9-14-26-22/h9,13-18,26-27H,3-8,10-12H2,1-2H3/b24-16+/t18-/m1/s1. The molecule has 0 spiro atoms. The minimum Gasteiger partial charge on any atom is -0.494 e. The second-order valence-corrected chi connectivity index (χ2v) is 8.27. The van der Waals surface area contributed by atoms with Crippen LogP contribution >= 0.6 is 0 Å². The molecule has 0 saturated carbocycles. The Balaban J connectivity index is 1.64. The lowest BCUT2D eigenvalue weighted by molar-refractivity contribution is 0.303. The van der Waals surface area contributed by atoms with Crippen LogP contribution in [0.2, 0.25) is 0 Å². The number of rotatable bonds is 6. The van der Waals surface area contributed by atoms with E-state index in [4.69, 9.17) is 9.73 Å². The molecule has 0 aromatic carbocycles. The highest BCUT2D eigenvalue weighted by molar-refractivity contribution is 6.11. The molecule has 0 bridgehead atoms. The summed E-state index contributed by atoms with van der Waals surface area (Å²) in [7, 11) is 1.71. The van der Waals surface area contributed by atoms with Gasteiger partial charge in [-0.05, 0) is 61.4 Å². The average molecular weight is 392 g/mol. The van der Waals surface area contributed by atoms with Crippen LogP contribution in [0.5, 0.6) is 0 Å². The van der Waals surface area contributed by atoms with Gasteiger partial charge in [-0.15, -0.1) is 0 Å². The van der Waals surface area contributed by atoms with E-state index in [1.165, 1.54) is 57.1 Å². The predicted octanol–water partition coefficient (Wildman–Crippen LogP) is 6.50. The number of nitrogens with zero attached hydrogens (tertiary/aromatic N) is 1. The van der Waals surface area contributed by atoms with Gasteiger partial charge in [-0.3, -0.25) is 0 Å². The topological polar surface area (TPSA) is 53.2 Å². The fraction of sp³-hybridized carbons (Fsp3) is 0.480. The fourth-order valence-electron chi connectivity index (χ4n) is 4.59. The molecule has 2 N–H and O–H groups in total. The number of methoxy groups -OCH3 is 1. The molecule has 0 unspecified atom stereocenters. The van der Waals surface area contributed by atoms with Gasteiger partial charge < -0.3 is 14.7 Å². The Hall–Kier alpha value is -2.49. The van der Waals surface area contributed by atoms with Crippen LogP contribution in [-0.2, 0) is 11.2 Å². The van der Waals surface area contributed by atoms with Crippen LogP contribution in [0.15, 0.2) is 46.9 Å². The molecule has 1 atom stereocenters. The van der Waals surface area contributed by atoms with Crippen LogP contribution in [0.1, 0.15) is 86.9 Å². The van der Waals surface area contributed by atoms with Crippen molar-refractivity contribution < 1.29 is 4.74 Å². The molecule has 0 amide bonds. The van der Waals surface area contributed by atoms with E-state index >= 15 is 0 Å². The van der Waals surface area contributed by atoms with Crippen LogP contribution in [0.4, 0.5) is 0 Å². The highest BCUT2D eigenvalue weighted by Crippen LogP contribution is 2.34. The van der Waals surface area contributed by atoms with E-state index in [0.29, 0.717) is 5.92 Å². The van der Waals surface area contributed by atoms with Gasteiger partial charge in [0.15, 0.2) is 0 Å². The summed E-state index contributed by atoms with van der Waals surface area (Å²) in [6.45, 7) is 2.29. The Labute approximate surface area is 174 Å². The number of H-pyrrole nitrogens is 2. The lowest BCUT2D eigenvalue weighted by atomic mass is 9.89. The van der Waals surface area contributed by atoms with Crippen LogP contribution in [0.3, 0.4) is 0 Å². The maximum atomic E-state index is 5.61. The summed E-state index contributed by atoms with van der Waals surface area (Å²) in [5.74, 6) is 1.50. The number of aromatic nitrogens is 2. The molecule has 4 nitrogen and oxygen atoms in total. The van der Waals surface area contributed by atoms with E-state index in [9.17, 15) is 0 Å². The summed E-state index contributed by atoms with van der Waals surface area (Å²) in [6.07, 6.45) is 17.8. The van der Waals surface area contributed by atoms with Gasteiger partial charge in [-0.25, -0.2) is 4.99 Å². The number of aliphatic imine (C=N–C) groups is 1. The van der Waals surface area contributed by atoms with E-state index < -0.39 is 0 Å². The molecule has 154 valence electrons. The largest absolute Gasteiger partial charge is 0.494 e. The average Bonchev–Trinajstić information content (AvgIpc) is 3.46. The number of aromatic amines is 2. The van der Waals surface area contributed by atoms with Crippen molar-refractivity contribution in [2.45, 2.75) is 70.6 Å². The monoisotopic (exact) mass is 391 g/mol. The minimum atomic E-state index is 0.686. The number of hydrogen-bond donors (Lipinski definition) is 2. The van der Waals surface area contributed by atoms with Crippen molar-refractivity contribution in [2.24, 2.45) is 4.99 Å². The number of ether oxygens (including phenoxy) is 1. The van der Waals surface area contributed by atoms with Gasteiger partial charge in [-0.1, -0.05) is 39.0 Å². The third-order valence-corrected chi connectivity index (χ3v) is 6.18. The normalized spacial score (nSPS) is 21.2. The second-order valence-electron chi connectivity index (χ2n) is 8.27. The van der Waals surface area contributed by atoms with Gasteiger partial charge in [0.1, 0.15) is 11.5 Å². The van der Waals surface area contributed by atoms with Gasteiger partial charge >= 0.3 is 0 Å². The van der Waals surface area contributed by atoms with Gasteiger partial charge in [-0.2, -0.15) is 0 Å². The molecule has 2 aliphatic rings. The highest BCUT2D eigenvalue weighted by atomic mass is 16.5. The molecule has 29 heavy (non-hydrogen) atoms. The lowest BCUT2D eigenvalue weighted by Crippen LogP contribution is -2.01. The van der Waals surface area contributed by atoms with Crippen molar-refractivity contribution in [3.05, 3.63) is 64.6 Å². The number of unbranched alkanes of at least 4 members (excludes halogenated alkanes) is 1. The van der Waals surface area contributed by atoms with E-state index in [0.717, 1.165) is 35.0 Å². The zero-order valence-corrected chi connectivity index (χ0v) is 17.8. The summed E-state index contributed by atoms with van der Waals surface area (Å²) < 4.78 is 5.61. The molecule has 4 heteroatoms. The molecular weight excluding hydrogens is 358 g/mol. The summed E-state index contributed by atoms with van der Waals surface area (Å²) in [4.78, 5) is 11.8. The van der Waals surface area contributed by atoms with Gasteiger partial charge in [0.05, 0.1) is 18.5 Å². The van der Waals surface area contributed by atoms with Crippen LogP contribution in [0, 0.1) is 0 Å². The summed E-state index contributed by atoms with van der Waals surface area (Å²) in [6, 6.07) is 6.40.